The summed E-state index contributed by atoms with van der Waals surface area (Å²) in [5, 5.41) is 15.7. The zero-order valence-electron chi connectivity index (χ0n) is 14.5. The summed E-state index contributed by atoms with van der Waals surface area (Å²) in [6, 6.07) is 6.90. The number of nitrogens with one attached hydrogen (secondary N) is 1. The zero-order chi connectivity index (χ0) is 18.5. The van der Waals surface area contributed by atoms with Crippen LogP contribution in [0, 0.1) is 18.3 Å². The first kappa shape index (κ1) is 17.5. The van der Waals surface area contributed by atoms with Gasteiger partial charge in [0.05, 0.1) is 25.3 Å². The first-order valence-electron chi connectivity index (χ1n) is 8.38. The second-order valence-electron chi connectivity index (χ2n) is 5.99. The highest BCUT2D eigenvalue weighted by Crippen LogP contribution is 2.13. The highest BCUT2D eigenvalue weighted by atomic mass is 16.3. The lowest BCUT2D eigenvalue weighted by molar-refractivity contribution is 0.0640. The second kappa shape index (κ2) is 7.74. The van der Waals surface area contributed by atoms with Crippen LogP contribution in [0.15, 0.2) is 28.9 Å². The molecule has 1 aliphatic heterocycles. The van der Waals surface area contributed by atoms with Gasteiger partial charge in [0.2, 0.25) is 0 Å². The first-order valence-corrected chi connectivity index (χ1v) is 8.38. The number of carbonyl (C=O) groups is 2. The molecule has 3 amide bonds. The number of rotatable bonds is 4. The number of carbonyl (C=O) groups excluding carboxylic acids is 2. The molecule has 1 N–H and O–H groups in total. The van der Waals surface area contributed by atoms with Crippen LogP contribution in [0.1, 0.15) is 22.7 Å². The topological polar surface area (TPSA) is 107 Å². The summed E-state index contributed by atoms with van der Waals surface area (Å²) in [5.74, 6) is 0.600. The van der Waals surface area contributed by atoms with Crippen LogP contribution in [0.3, 0.4) is 0 Å². The molecule has 1 aliphatic rings. The van der Waals surface area contributed by atoms with Gasteiger partial charge < -0.3 is 14.2 Å². The lowest BCUT2D eigenvalue weighted by Crippen LogP contribution is -2.51. The van der Waals surface area contributed by atoms with Crippen molar-refractivity contribution in [3.05, 3.63) is 35.9 Å². The Hall–Kier alpha value is -3.28. The van der Waals surface area contributed by atoms with E-state index in [-0.39, 0.29) is 11.9 Å². The summed E-state index contributed by atoms with van der Waals surface area (Å²) in [7, 11) is 0. The lowest BCUT2D eigenvalue weighted by atomic mass is 10.3. The van der Waals surface area contributed by atoms with E-state index in [1.807, 2.05) is 6.92 Å². The molecule has 2 aromatic heterocycles. The highest BCUT2D eigenvalue weighted by Gasteiger charge is 2.26. The predicted octanol–water partition coefficient (Wildman–Crippen LogP) is 1.69. The van der Waals surface area contributed by atoms with Crippen LogP contribution in [-0.2, 0) is 6.54 Å². The largest absolute Gasteiger partial charge is 0.459 e. The number of hydrogen-bond donors (Lipinski definition) is 1. The summed E-state index contributed by atoms with van der Waals surface area (Å²) in [6.45, 7) is 4.13. The van der Waals surface area contributed by atoms with E-state index in [9.17, 15) is 9.59 Å². The predicted molar refractivity (Wildman–Crippen MR) is 92.4 cm³/mol. The van der Waals surface area contributed by atoms with Gasteiger partial charge in [0.15, 0.2) is 11.6 Å². The average Bonchev–Trinajstić information content (AvgIpc) is 3.29. The van der Waals surface area contributed by atoms with Crippen LogP contribution >= 0.6 is 0 Å². The Morgan fingerprint density at radius 2 is 2.04 bits per heavy atom. The molecule has 3 heterocycles. The van der Waals surface area contributed by atoms with Crippen molar-refractivity contribution in [2.75, 3.05) is 31.5 Å². The molecule has 26 heavy (non-hydrogen) atoms. The van der Waals surface area contributed by atoms with Crippen molar-refractivity contribution in [2.45, 2.75) is 19.9 Å². The van der Waals surface area contributed by atoms with Crippen molar-refractivity contribution in [1.29, 1.82) is 5.26 Å². The number of aromatic nitrogens is 2. The summed E-state index contributed by atoms with van der Waals surface area (Å²) in [6.07, 6.45) is 1.83. The fourth-order valence-corrected chi connectivity index (χ4v) is 2.81. The number of amides is 3. The minimum atomic E-state index is -0.250. The molecular weight excluding hydrogens is 336 g/mol. The molecule has 2 aromatic rings. The summed E-state index contributed by atoms with van der Waals surface area (Å²) in [5.41, 5.74) is 0.879. The van der Waals surface area contributed by atoms with Gasteiger partial charge in [-0.15, -0.1) is 0 Å². The summed E-state index contributed by atoms with van der Waals surface area (Å²) < 4.78 is 6.82. The van der Waals surface area contributed by atoms with Crippen molar-refractivity contribution in [3.8, 4) is 6.07 Å². The molecular formula is C17H20N6O3. The highest BCUT2D eigenvalue weighted by molar-refractivity contribution is 5.92. The number of furan rings is 1. The summed E-state index contributed by atoms with van der Waals surface area (Å²) >= 11 is 0. The van der Waals surface area contributed by atoms with E-state index in [0.29, 0.717) is 50.7 Å². The van der Waals surface area contributed by atoms with Crippen molar-refractivity contribution in [3.63, 3.8) is 0 Å². The molecule has 136 valence electrons. The molecule has 0 atom stereocenters. The van der Waals surface area contributed by atoms with Crippen LogP contribution in [0.2, 0.25) is 0 Å². The van der Waals surface area contributed by atoms with Gasteiger partial charge in [-0.3, -0.25) is 14.8 Å². The molecule has 0 spiro atoms. The molecule has 9 heteroatoms. The van der Waals surface area contributed by atoms with E-state index in [0.717, 1.165) is 5.69 Å². The molecule has 1 fully saturated rings. The third kappa shape index (κ3) is 3.85. The number of nitriles is 1. The number of piperazine rings is 1. The van der Waals surface area contributed by atoms with E-state index in [4.69, 9.17) is 9.68 Å². The third-order valence-corrected chi connectivity index (χ3v) is 4.24. The van der Waals surface area contributed by atoms with Gasteiger partial charge in [-0.25, -0.2) is 4.79 Å². The molecule has 9 nitrogen and oxygen atoms in total. The van der Waals surface area contributed by atoms with E-state index in [1.54, 1.807) is 32.7 Å². The molecule has 0 aliphatic carbocycles. The Balaban J connectivity index is 1.52. The maximum atomic E-state index is 12.4. The van der Waals surface area contributed by atoms with Gasteiger partial charge >= 0.3 is 6.03 Å². The Bertz CT molecular complexity index is 812. The Kier molecular flexibility index (Phi) is 5.22. The van der Waals surface area contributed by atoms with Gasteiger partial charge in [0.1, 0.15) is 0 Å². The van der Waals surface area contributed by atoms with Crippen LogP contribution in [-0.4, -0.2) is 57.7 Å². The minimum absolute atomic E-state index is 0.165. The van der Waals surface area contributed by atoms with Crippen LogP contribution in [0.4, 0.5) is 10.6 Å². The number of aryl methyl sites for hydroxylation is 2. The van der Waals surface area contributed by atoms with Crippen molar-refractivity contribution >= 4 is 17.8 Å². The zero-order valence-corrected chi connectivity index (χ0v) is 14.5. The number of hydrogen-bond acceptors (Lipinski definition) is 5. The molecule has 0 aromatic carbocycles. The molecule has 0 radical (unpaired) electrons. The first-order chi connectivity index (χ1) is 12.6. The third-order valence-electron chi connectivity index (χ3n) is 4.24. The molecule has 1 saturated heterocycles. The van der Waals surface area contributed by atoms with Crippen molar-refractivity contribution in [1.82, 2.24) is 19.6 Å². The van der Waals surface area contributed by atoms with E-state index < -0.39 is 0 Å². The van der Waals surface area contributed by atoms with Gasteiger partial charge in [-0.05, 0) is 19.1 Å². The minimum Gasteiger partial charge on any atom is -0.459 e. The smallest absolute Gasteiger partial charge is 0.323 e. The van der Waals surface area contributed by atoms with Crippen molar-refractivity contribution in [2.24, 2.45) is 0 Å². The second-order valence-corrected chi connectivity index (χ2v) is 5.99. The molecule has 0 bridgehead atoms. The summed E-state index contributed by atoms with van der Waals surface area (Å²) in [4.78, 5) is 27.9. The van der Waals surface area contributed by atoms with Gasteiger partial charge in [0.25, 0.3) is 5.91 Å². The maximum absolute atomic E-state index is 12.4. The Morgan fingerprint density at radius 1 is 1.31 bits per heavy atom. The average molecular weight is 356 g/mol. The SMILES string of the molecule is Cc1cc(NC(=O)N2CCN(C(=O)c3ccco3)CC2)nn1CCC#N. The number of nitrogens with zero attached hydrogens (tertiary/aromatic N) is 5. The van der Waals surface area contributed by atoms with E-state index >= 15 is 0 Å². The number of urea groups is 1. The maximum Gasteiger partial charge on any atom is 0.323 e. The fourth-order valence-electron chi connectivity index (χ4n) is 2.81. The van der Waals surface area contributed by atoms with Gasteiger partial charge in [-0.1, -0.05) is 0 Å². The lowest BCUT2D eigenvalue weighted by Gasteiger charge is -2.34. The van der Waals surface area contributed by atoms with Crippen LogP contribution in [0.5, 0.6) is 0 Å². The van der Waals surface area contributed by atoms with Gasteiger partial charge in [-0.2, -0.15) is 10.4 Å². The van der Waals surface area contributed by atoms with E-state index in [1.165, 1.54) is 6.26 Å². The number of anilines is 1. The molecule has 3 rings (SSSR count). The molecule has 0 unspecified atom stereocenters. The van der Waals surface area contributed by atoms with Crippen LogP contribution in [0.25, 0.3) is 0 Å². The van der Waals surface area contributed by atoms with Gasteiger partial charge in [0, 0.05) is 37.9 Å². The standard InChI is InChI=1S/C17H20N6O3/c1-13-12-15(20-23(13)6-3-5-18)19-17(25)22-9-7-21(8-10-22)16(24)14-4-2-11-26-14/h2,4,11-12H,3,6-10H2,1H3,(H,19,20,25). The monoisotopic (exact) mass is 356 g/mol. The van der Waals surface area contributed by atoms with Crippen molar-refractivity contribution < 1.29 is 14.0 Å². The quantitative estimate of drug-likeness (QED) is 0.897. The fraction of sp³-hybridized carbons (Fsp3) is 0.412. The Labute approximate surface area is 150 Å². The normalized spacial score (nSPS) is 14.2. The van der Waals surface area contributed by atoms with E-state index in [2.05, 4.69) is 16.5 Å². The Morgan fingerprint density at radius 3 is 2.69 bits per heavy atom. The van der Waals surface area contributed by atoms with Crippen LogP contribution < -0.4 is 5.32 Å². The molecule has 0 saturated carbocycles.